The molecule has 0 atom stereocenters. The summed E-state index contributed by atoms with van der Waals surface area (Å²) in [6, 6.07) is 2.12. The van der Waals surface area contributed by atoms with E-state index in [0.29, 0.717) is 24.3 Å². The van der Waals surface area contributed by atoms with Crippen LogP contribution in [0.15, 0.2) is 10.6 Å². The fourth-order valence-electron chi connectivity index (χ4n) is 2.59. The lowest BCUT2D eigenvalue weighted by Gasteiger charge is -2.34. The number of nitrogens with zero attached hydrogens (tertiary/aromatic N) is 2. The van der Waals surface area contributed by atoms with Crippen LogP contribution < -0.4 is 10.6 Å². The van der Waals surface area contributed by atoms with Gasteiger partial charge in [0.1, 0.15) is 5.76 Å². The number of rotatable bonds is 4. The summed E-state index contributed by atoms with van der Waals surface area (Å²) in [5.41, 5.74) is 0. The van der Waals surface area contributed by atoms with E-state index >= 15 is 0 Å². The van der Waals surface area contributed by atoms with Crippen LogP contribution in [0, 0.1) is 12.8 Å². The van der Waals surface area contributed by atoms with Gasteiger partial charge >= 0.3 is 11.8 Å². The summed E-state index contributed by atoms with van der Waals surface area (Å²) in [6.45, 7) is 8.73. The van der Waals surface area contributed by atoms with Crippen LogP contribution in [-0.2, 0) is 9.59 Å². The first kappa shape index (κ1) is 16.5. The maximum atomic E-state index is 11.8. The van der Waals surface area contributed by atoms with Crippen molar-refractivity contribution in [1.29, 1.82) is 0 Å². The average molecular weight is 308 g/mol. The van der Waals surface area contributed by atoms with Gasteiger partial charge in [-0.05, 0) is 52.6 Å². The molecule has 1 saturated heterocycles. The van der Waals surface area contributed by atoms with Crippen LogP contribution in [0.2, 0.25) is 0 Å². The standard InChI is InChI=1S/C15H24N4O3/c1-10(2)19-6-4-12(5-7-19)9-16-14(20)15(21)17-13-8-11(3)22-18-13/h8,10,12H,4-7,9H2,1-3H3,(H,16,20)(H,17,18,21). The number of carbonyl (C=O) groups excluding carboxylic acids is 2. The number of hydrogen-bond acceptors (Lipinski definition) is 5. The second kappa shape index (κ2) is 7.40. The first-order valence-corrected chi connectivity index (χ1v) is 7.72. The first-order valence-electron chi connectivity index (χ1n) is 7.72. The number of likely N-dealkylation sites (tertiary alicyclic amines) is 1. The Morgan fingerprint density at radius 2 is 2.05 bits per heavy atom. The molecular formula is C15H24N4O3. The molecule has 2 rings (SSSR count). The van der Waals surface area contributed by atoms with Crippen molar-refractivity contribution < 1.29 is 14.1 Å². The second-order valence-electron chi connectivity index (χ2n) is 6.06. The third-order valence-corrected chi connectivity index (χ3v) is 4.01. The summed E-state index contributed by atoms with van der Waals surface area (Å²) in [7, 11) is 0. The molecule has 122 valence electrons. The van der Waals surface area contributed by atoms with Crippen molar-refractivity contribution in [2.75, 3.05) is 25.0 Å². The van der Waals surface area contributed by atoms with E-state index in [9.17, 15) is 9.59 Å². The zero-order chi connectivity index (χ0) is 16.1. The van der Waals surface area contributed by atoms with Crippen molar-refractivity contribution in [3.63, 3.8) is 0 Å². The molecule has 7 nitrogen and oxygen atoms in total. The predicted molar refractivity (Wildman–Crippen MR) is 82.3 cm³/mol. The van der Waals surface area contributed by atoms with Gasteiger partial charge in [0, 0.05) is 18.7 Å². The fraction of sp³-hybridized carbons (Fsp3) is 0.667. The normalized spacial score (nSPS) is 16.7. The van der Waals surface area contributed by atoms with Crippen molar-refractivity contribution in [1.82, 2.24) is 15.4 Å². The van der Waals surface area contributed by atoms with Gasteiger partial charge in [0.05, 0.1) is 0 Å². The Bertz CT molecular complexity index is 519. The molecule has 1 aromatic rings. The zero-order valence-electron chi connectivity index (χ0n) is 13.4. The van der Waals surface area contributed by atoms with E-state index in [-0.39, 0.29) is 5.82 Å². The minimum Gasteiger partial charge on any atom is -0.360 e. The second-order valence-corrected chi connectivity index (χ2v) is 6.06. The van der Waals surface area contributed by atoms with Gasteiger partial charge in [-0.1, -0.05) is 5.16 Å². The topological polar surface area (TPSA) is 87.5 Å². The quantitative estimate of drug-likeness (QED) is 0.815. The molecule has 22 heavy (non-hydrogen) atoms. The van der Waals surface area contributed by atoms with Gasteiger partial charge in [0.2, 0.25) is 0 Å². The van der Waals surface area contributed by atoms with Crippen molar-refractivity contribution in [2.45, 2.75) is 39.7 Å². The molecule has 0 bridgehead atoms. The van der Waals surface area contributed by atoms with Crippen molar-refractivity contribution in [2.24, 2.45) is 5.92 Å². The molecule has 0 unspecified atom stereocenters. The summed E-state index contributed by atoms with van der Waals surface area (Å²) in [6.07, 6.45) is 2.09. The van der Waals surface area contributed by atoms with Gasteiger partial charge in [0.15, 0.2) is 5.82 Å². The highest BCUT2D eigenvalue weighted by Gasteiger charge is 2.22. The molecule has 2 N–H and O–H groups in total. The van der Waals surface area contributed by atoms with Crippen LogP contribution >= 0.6 is 0 Å². The maximum Gasteiger partial charge on any atom is 0.314 e. The largest absolute Gasteiger partial charge is 0.360 e. The molecule has 2 heterocycles. The van der Waals surface area contributed by atoms with E-state index in [0.717, 1.165) is 25.9 Å². The van der Waals surface area contributed by atoms with Gasteiger partial charge in [-0.15, -0.1) is 0 Å². The SMILES string of the molecule is Cc1cc(NC(=O)C(=O)NCC2CCN(C(C)C)CC2)no1. The van der Waals surface area contributed by atoms with Crippen LogP contribution in [0.1, 0.15) is 32.4 Å². The summed E-state index contributed by atoms with van der Waals surface area (Å²) in [5.74, 6) is -0.0867. The summed E-state index contributed by atoms with van der Waals surface area (Å²) in [5, 5.41) is 8.72. The molecule has 0 spiro atoms. The lowest BCUT2D eigenvalue weighted by atomic mass is 9.96. The van der Waals surface area contributed by atoms with Gasteiger partial charge < -0.3 is 14.7 Å². The Hall–Kier alpha value is -1.89. The number of aromatic nitrogens is 1. The van der Waals surface area contributed by atoms with Crippen molar-refractivity contribution in [3.8, 4) is 0 Å². The van der Waals surface area contributed by atoms with Gasteiger partial charge in [0.25, 0.3) is 0 Å². The summed E-state index contributed by atoms with van der Waals surface area (Å²) >= 11 is 0. The lowest BCUT2D eigenvalue weighted by Crippen LogP contribution is -2.43. The number of nitrogens with one attached hydrogen (secondary N) is 2. The van der Waals surface area contributed by atoms with E-state index in [1.807, 2.05) is 0 Å². The number of aryl methyl sites for hydroxylation is 1. The molecular weight excluding hydrogens is 284 g/mol. The minimum absolute atomic E-state index is 0.253. The molecule has 0 aliphatic carbocycles. The number of hydrogen-bond donors (Lipinski definition) is 2. The zero-order valence-corrected chi connectivity index (χ0v) is 13.4. The molecule has 1 aromatic heterocycles. The first-order chi connectivity index (χ1) is 10.5. The highest BCUT2D eigenvalue weighted by molar-refractivity contribution is 6.39. The van der Waals surface area contributed by atoms with Crippen molar-refractivity contribution in [3.05, 3.63) is 11.8 Å². The Labute approximate surface area is 130 Å². The van der Waals surface area contributed by atoms with Gasteiger partial charge in [-0.25, -0.2) is 0 Å². The average Bonchev–Trinajstić information content (AvgIpc) is 2.90. The summed E-state index contributed by atoms with van der Waals surface area (Å²) in [4.78, 5) is 25.9. The molecule has 0 aromatic carbocycles. The predicted octanol–water partition coefficient (Wildman–Crippen LogP) is 1.16. The van der Waals surface area contributed by atoms with E-state index in [1.54, 1.807) is 13.0 Å². The fourth-order valence-corrected chi connectivity index (χ4v) is 2.59. The van der Waals surface area contributed by atoms with Crippen LogP contribution in [0.5, 0.6) is 0 Å². The molecule has 1 aliphatic rings. The number of amides is 2. The van der Waals surface area contributed by atoms with E-state index in [4.69, 9.17) is 4.52 Å². The molecule has 2 amide bonds. The van der Waals surface area contributed by atoms with Gasteiger partial charge in [-0.2, -0.15) is 0 Å². The Balaban J connectivity index is 1.70. The molecule has 7 heteroatoms. The monoisotopic (exact) mass is 308 g/mol. The highest BCUT2D eigenvalue weighted by atomic mass is 16.5. The van der Waals surface area contributed by atoms with Crippen molar-refractivity contribution >= 4 is 17.6 Å². The molecule has 1 aliphatic heterocycles. The van der Waals surface area contributed by atoms with E-state index in [2.05, 4.69) is 34.5 Å². The number of carbonyl (C=O) groups is 2. The summed E-state index contributed by atoms with van der Waals surface area (Å²) < 4.78 is 4.83. The molecule has 1 fully saturated rings. The maximum absolute atomic E-state index is 11.8. The molecule has 0 saturated carbocycles. The number of piperidine rings is 1. The van der Waals surface area contributed by atoms with Crippen LogP contribution in [0.25, 0.3) is 0 Å². The Morgan fingerprint density at radius 3 is 2.59 bits per heavy atom. The minimum atomic E-state index is -0.715. The Kier molecular flexibility index (Phi) is 5.54. The van der Waals surface area contributed by atoms with Crippen LogP contribution in [0.4, 0.5) is 5.82 Å². The van der Waals surface area contributed by atoms with Crippen LogP contribution in [0.3, 0.4) is 0 Å². The third-order valence-electron chi connectivity index (χ3n) is 4.01. The van der Waals surface area contributed by atoms with E-state index < -0.39 is 11.8 Å². The number of anilines is 1. The smallest absolute Gasteiger partial charge is 0.314 e. The molecule has 0 radical (unpaired) electrons. The highest BCUT2D eigenvalue weighted by Crippen LogP contribution is 2.18. The van der Waals surface area contributed by atoms with E-state index in [1.165, 1.54) is 0 Å². The third kappa shape index (κ3) is 4.56. The van der Waals surface area contributed by atoms with Crippen LogP contribution in [-0.4, -0.2) is 47.5 Å². The van der Waals surface area contributed by atoms with Gasteiger partial charge in [-0.3, -0.25) is 14.9 Å². The lowest BCUT2D eigenvalue weighted by molar-refractivity contribution is -0.136. The Morgan fingerprint density at radius 1 is 1.36 bits per heavy atom.